The maximum Gasteiger partial charge on any atom is 0.0468 e. The molecule has 0 aliphatic heterocycles. The van der Waals surface area contributed by atoms with Crippen LogP contribution in [0.15, 0.2) is 200 Å². The van der Waals surface area contributed by atoms with Gasteiger partial charge in [-0.3, -0.25) is 0 Å². The van der Waals surface area contributed by atoms with Crippen LogP contribution in [-0.2, 0) is 0 Å². The molecule has 8 rings (SSSR count). The maximum absolute atomic E-state index is 2.36. The molecule has 234 valence electrons. The molecule has 8 aromatic rings. The third kappa shape index (κ3) is 6.40. The summed E-state index contributed by atoms with van der Waals surface area (Å²) in [5, 5.41) is 2.46. The largest absolute Gasteiger partial charge is 0.310 e. The first kappa shape index (κ1) is 30.2. The summed E-state index contributed by atoms with van der Waals surface area (Å²) in [5.41, 5.74) is 13.3. The van der Waals surface area contributed by atoms with E-state index in [2.05, 4.69) is 212 Å². The van der Waals surface area contributed by atoms with Crippen molar-refractivity contribution in [3.8, 4) is 33.4 Å². The monoisotopic (exact) mass is 627 g/mol. The lowest BCUT2D eigenvalue weighted by molar-refractivity contribution is 0.923. The van der Waals surface area contributed by atoms with Crippen molar-refractivity contribution in [1.82, 2.24) is 0 Å². The Labute approximate surface area is 289 Å². The van der Waals surface area contributed by atoms with Crippen LogP contribution in [0.4, 0.5) is 17.1 Å². The molecule has 0 heterocycles. The van der Waals surface area contributed by atoms with E-state index in [-0.39, 0.29) is 0 Å². The van der Waals surface area contributed by atoms with Gasteiger partial charge in [0.25, 0.3) is 0 Å². The average Bonchev–Trinajstić information content (AvgIpc) is 3.19. The highest BCUT2D eigenvalue weighted by Crippen LogP contribution is 2.39. The van der Waals surface area contributed by atoms with Gasteiger partial charge in [-0.1, -0.05) is 171 Å². The molecule has 0 aliphatic carbocycles. The molecule has 0 aliphatic rings. The van der Waals surface area contributed by atoms with E-state index in [1.807, 2.05) is 0 Å². The summed E-state index contributed by atoms with van der Waals surface area (Å²) >= 11 is 0. The van der Waals surface area contributed by atoms with Crippen LogP contribution in [0.25, 0.3) is 44.2 Å². The van der Waals surface area contributed by atoms with Gasteiger partial charge in [0.2, 0.25) is 0 Å². The van der Waals surface area contributed by atoms with Crippen molar-refractivity contribution in [3.05, 3.63) is 211 Å². The van der Waals surface area contributed by atoms with Gasteiger partial charge < -0.3 is 4.90 Å². The molecule has 0 N–H and O–H groups in total. The van der Waals surface area contributed by atoms with E-state index in [1.54, 1.807) is 0 Å². The Morgan fingerprint density at radius 1 is 0.306 bits per heavy atom. The highest BCUT2D eigenvalue weighted by Gasteiger charge is 2.15. The molecule has 0 amide bonds. The number of hydrogen-bond donors (Lipinski definition) is 0. The molecule has 0 saturated carbocycles. The molecule has 0 spiro atoms. The number of rotatable bonds is 8. The van der Waals surface area contributed by atoms with Gasteiger partial charge >= 0.3 is 0 Å². The minimum absolute atomic E-state index is 0.294. The quantitative estimate of drug-likeness (QED) is 0.162. The second-order valence-electron chi connectivity index (χ2n) is 12.7. The molecule has 0 saturated heterocycles. The zero-order valence-corrected chi connectivity index (χ0v) is 27.6. The van der Waals surface area contributed by atoms with Crippen LogP contribution in [0.1, 0.15) is 24.0 Å². The molecule has 1 atom stereocenters. The molecule has 0 bridgehead atoms. The minimum atomic E-state index is 0.294. The average molecular weight is 628 g/mol. The van der Waals surface area contributed by atoms with E-state index < -0.39 is 0 Å². The summed E-state index contributed by atoms with van der Waals surface area (Å²) in [6.45, 7) is 2.29. The molecule has 0 radical (unpaired) electrons. The second-order valence-corrected chi connectivity index (χ2v) is 12.7. The lowest BCUT2D eigenvalue weighted by atomic mass is 9.90. The van der Waals surface area contributed by atoms with E-state index >= 15 is 0 Å². The summed E-state index contributed by atoms with van der Waals surface area (Å²) in [4.78, 5) is 2.36. The van der Waals surface area contributed by atoms with Crippen molar-refractivity contribution in [2.45, 2.75) is 12.8 Å². The van der Waals surface area contributed by atoms with Crippen molar-refractivity contribution in [1.29, 1.82) is 0 Å². The predicted molar refractivity (Wildman–Crippen MR) is 209 cm³/mol. The van der Waals surface area contributed by atoms with Crippen LogP contribution >= 0.6 is 0 Å². The molecular weight excluding hydrogens is 591 g/mol. The Morgan fingerprint density at radius 3 is 1.47 bits per heavy atom. The zero-order chi connectivity index (χ0) is 33.0. The number of hydrogen-bond acceptors (Lipinski definition) is 1. The highest BCUT2D eigenvalue weighted by atomic mass is 15.1. The molecule has 1 heteroatoms. The second kappa shape index (κ2) is 13.5. The Bertz CT molecular complexity index is 2320. The fourth-order valence-corrected chi connectivity index (χ4v) is 6.80. The van der Waals surface area contributed by atoms with Gasteiger partial charge in [0.1, 0.15) is 0 Å². The lowest BCUT2D eigenvalue weighted by Gasteiger charge is -2.26. The molecule has 8 aromatic carbocycles. The molecule has 49 heavy (non-hydrogen) atoms. The topological polar surface area (TPSA) is 3.24 Å². The standard InChI is InChI=1S/C48H37N/c1-35(42-18-10-19-43(32-42)37-12-4-2-5-13-37)36-22-24-40(25-23-36)41-26-29-46(30-27-41)49(48-31-28-39-16-8-9-17-44(39)34-48)47-21-11-20-45(33-47)38-14-6-3-7-15-38/h2-35H,1H3. The molecule has 0 aromatic heterocycles. The molecule has 1 unspecified atom stereocenters. The Morgan fingerprint density at radius 2 is 0.796 bits per heavy atom. The van der Waals surface area contributed by atoms with Crippen LogP contribution < -0.4 is 4.90 Å². The van der Waals surface area contributed by atoms with Crippen molar-refractivity contribution in [3.63, 3.8) is 0 Å². The van der Waals surface area contributed by atoms with Crippen LogP contribution in [0, 0.1) is 0 Å². The molecule has 0 fully saturated rings. The molecule has 1 nitrogen and oxygen atoms in total. The van der Waals surface area contributed by atoms with Crippen molar-refractivity contribution in [2.75, 3.05) is 4.90 Å². The smallest absolute Gasteiger partial charge is 0.0468 e. The van der Waals surface area contributed by atoms with Crippen LogP contribution in [-0.4, -0.2) is 0 Å². The van der Waals surface area contributed by atoms with E-state index in [0.29, 0.717) is 5.92 Å². The van der Waals surface area contributed by atoms with Crippen LogP contribution in [0.3, 0.4) is 0 Å². The maximum atomic E-state index is 2.36. The van der Waals surface area contributed by atoms with E-state index in [1.165, 1.54) is 55.3 Å². The normalized spacial score (nSPS) is 11.7. The van der Waals surface area contributed by atoms with Gasteiger partial charge in [-0.2, -0.15) is 0 Å². The SMILES string of the molecule is CC(c1ccc(-c2ccc(N(c3cccc(-c4ccccc4)c3)c3ccc4ccccc4c3)cc2)cc1)c1cccc(-c2ccccc2)c1. The first-order chi connectivity index (χ1) is 24.2. The number of benzene rings is 8. The van der Waals surface area contributed by atoms with Gasteiger partial charge in [0, 0.05) is 23.0 Å². The summed E-state index contributed by atoms with van der Waals surface area (Å²) < 4.78 is 0. The van der Waals surface area contributed by atoms with E-state index in [4.69, 9.17) is 0 Å². The number of anilines is 3. The number of nitrogens with zero attached hydrogens (tertiary/aromatic N) is 1. The fourth-order valence-electron chi connectivity index (χ4n) is 6.80. The van der Waals surface area contributed by atoms with E-state index in [9.17, 15) is 0 Å². The van der Waals surface area contributed by atoms with Gasteiger partial charge in [0.15, 0.2) is 0 Å². The first-order valence-electron chi connectivity index (χ1n) is 17.0. The van der Waals surface area contributed by atoms with Crippen molar-refractivity contribution >= 4 is 27.8 Å². The summed E-state index contributed by atoms with van der Waals surface area (Å²) in [7, 11) is 0. The van der Waals surface area contributed by atoms with Gasteiger partial charge in [-0.15, -0.1) is 0 Å². The summed E-state index contributed by atoms with van der Waals surface area (Å²) in [6.07, 6.45) is 0. The van der Waals surface area contributed by atoms with E-state index in [0.717, 1.165) is 17.1 Å². The predicted octanol–water partition coefficient (Wildman–Crippen LogP) is 13.5. The first-order valence-corrected chi connectivity index (χ1v) is 17.0. The summed E-state index contributed by atoms with van der Waals surface area (Å²) in [5.74, 6) is 0.294. The Kier molecular flexibility index (Phi) is 8.32. The van der Waals surface area contributed by atoms with Crippen LogP contribution in [0.5, 0.6) is 0 Å². The van der Waals surface area contributed by atoms with Crippen molar-refractivity contribution in [2.24, 2.45) is 0 Å². The van der Waals surface area contributed by atoms with Gasteiger partial charge in [-0.05, 0) is 91.7 Å². The lowest BCUT2D eigenvalue weighted by Crippen LogP contribution is -2.10. The third-order valence-electron chi connectivity index (χ3n) is 9.57. The van der Waals surface area contributed by atoms with Crippen molar-refractivity contribution < 1.29 is 0 Å². The Hall–Kier alpha value is -6.18. The van der Waals surface area contributed by atoms with Gasteiger partial charge in [-0.25, -0.2) is 0 Å². The van der Waals surface area contributed by atoms with Gasteiger partial charge in [0.05, 0.1) is 0 Å². The fraction of sp³-hybridized carbons (Fsp3) is 0.0417. The minimum Gasteiger partial charge on any atom is -0.310 e. The molecular formula is C48H37N. The summed E-state index contributed by atoms with van der Waals surface area (Å²) in [6, 6.07) is 72.3. The Balaban J connectivity index is 1.10. The van der Waals surface area contributed by atoms with Crippen LogP contribution in [0.2, 0.25) is 0 Å². The zero-order valence-electron chi connectivity index (χ0n) is 27.6. The third-order valence-corrected chi connectivity index (χ3v) is 9.57. The number of fused-ring (bicyclic) bond motifs is 1. The highest BCUT2D eigenvalue weighted by molar-refractivity contribution is 5.90.